The van der Waals surface area contributed by atoms with Gasteiger partial charge < -0.3 is 9.84 Å². The topological polar surface area (TPSA) is 77.2 Å². The predicted molar refractivity (Wildman–Crippen MR) is 90.4 cm³/mol. The Labute approximate surface area is 139 Å². The Hall–Kier alpha value is -3.15. The Morgan fingerprint density at radius 3 is 2.67 bits per heavy atom. The van der Waals surface area contributed by atoms with Crippen LogP contribution in [-0.4, -0.2) is 26.1 Å². The van der Waals surface area contributed by atoms with E-state index in [4.69, 9.17) is 4.74 Å². The molecule has 0 radical (unpaired) electrons. The molecule has 0 amide bonds. The maximum absolute atomic E-state index is 11.6. The number of aryl methyl sites for hydroxylation is 1. The third-order valence-electron chi connectivity index (χ3n) is 3.57. The van der Waals surface area contributed by atoms with Crippen LogP contribution in [0.2, 0.25) is 0 Å². The molecule has 1 N–H and O–H groups in total. The summed E-state index contributed by atoms with van der Waals surface area (Å²) in [6, 6.07) is 10.3. The van der Waals surface area contributed by atoms with E-state index in [2.05, 4.69) is 16.8 Å². The molecule has 0 aliphatic heterocycles. The van der Waals surface area contributed by atoms with Crippen LogP contribution in [0.1, 0.15) is 19.4 Å². The number of carbonyl (C=O) groups is 1. The van der Waals surface area contributed by atoms with Crippen LogP contribution in [0.4, 0.5) is 0 Å². The Morgan fingerprint density at radius 2 is 1.96 bits per heavy atom. The average molecular weight is 323 g/mol. The van der Waals surface area contributed by atoms with E-state index in [9.17, 15) is 9.90 Å². The Balaban J connectivity index is 2.00. The van der Waals surface area contributed by atoms with Crippen molar-refractivity contribution in [1.82, 2.24) is 15.0 Å². The van der Waals surface area contributed by atoms with Crippen molar-refractivity contribution >= 4 is 17.0 Å². The van der Waals surface area contributed by atoms with Crippen molar-refractivity contribution in [2.75, 3.05) is 0 Å². The zero-order chi connectivity index (χ0) is 17.3. The molecular weight excluding hydrogens is 306 g/mol. The van der Waals surface area contributed by atoms with Crippen LogP contribution >= 0.6 is 0 Å². The monoisotopic (exact) mass is 323 g/mol. The number of rotatable bonds is 4. The second-order valence-corrected chi connectivity index (χ2v) is 5.49. The lowest BCUT2D eigenvalue weighted by atomic mass is 10.1. The zero-order valence-corrected chi connectivity index (χ0v) is 13.5. The van der Waals surface area contributed by atoms with Gasteiger partial charge in [0.25, 0.3) is 0 Å². The molecule has 0 unspecified atom stereocenters. The summed E-state index contributed by atoms with van der Waals surface area (Å²) in [7, 11) is 0. The van der Waals surface area contributed by atoms with Gasteiger partial charge in [-0.25, -0.2) is 4.79 Å². The fourth-order valence-electron chi connectivity index (χ4n) is 2.21. The number of aromatic nitrogens is 3. The molecule has 0 saturated carbocycles. The molecule has 122 valence electrons. The lowest BCUT2D eigenvalue weighted by molar-refractivity contribution is -0.130. The summed E-state index contributed by atoms with van der Waals surface area (Å²) >= 11 is 0. The maximum Gasteiger partial charge on any atom is 0.338 e. The molecule has 3 aromatic rings. The van der Waals surface area contributed by atoms with Gasteiger partial charge in [0.15, 0.2) is 0 Å². The molecular formula is C18H17N3O3. The molecule has 2 aromatic carbocycles. The Bertz CT molecular complexity index is 944. The normalized spacial score (nSPS) is 10.8. The highest BCUT2D eigenvalue weighted by Gasteiger charge is 2.12. The minimum absolute atomic E-state index is 0.0986. The highest BCUT2D eigenvalue weighted by atomic mass is 16.5. The fourth-order valence-corrected chi connectivity index (χ4v) is 2.21. The predicted octanol–water partition coefficient (Wildman–Crippen LogP) is 3.17. The fraction of sp³-hybridized carbons (Fsp3) is 0.167. The first-order valence-corrected chi connectivity index (χ1v) is 7.55. The largest absolute Gasteiger partial charge is 0.506 e. The smallest absolute Gasteiger partial charge is 0.338 e. The molecule has 0 bridgehead atoms. The third kappa shape index (κ3) is 2.99. The molecule has 0 aliphatic carbocycles. The quantitative estimate of drug-likeness (QED) is 0.453. The zero-order valence-electron chi connectivity index (χ0n) is 13.5. The van der Waals surface area contributed by atoms with Gasteiger partial charge in [0.1, 0.15) is 28.2 Å². The van der Waals surface area contributed by atoms with Crippen molar-refractivity contribution in [2.45, 2.75) is 20.3 Å². The van der Waals surface area contributed by atoms with Crippen molar-refractivity contribution in [3.05, 3.63) is 54.1 Å². The molecule has 0 spiro atoms. The second-order valence-electron chi connectivity index (χ2n) is 5.49. The number of carbonyl (C=O) groups excluding carboxylic acids is 1. The maximum atomic E-state index is 11.6. The summed E-state index contributed by atoms with van der Waals surface area (Å²) in [6.07, 6.45) is 0.842. The van der Waals surface area contributed by atoms with Crippen LogP contribution in [0.5, 0.6) is 11.5 Å². The van der Waals surface area contributed by atoms with E-state index >= 15 is 0 Å². The summed E-state index contributed by atoms with van der Waals surface area (Å²) < 4.78 is 5.19. The van der Waals surface area contributed by atoms with Crippen molar-refractivity contribution in [3.63, 3.8) is 0 Å². The van der Waals surface area contributed by atoms with E-state index in [0.29, 0.717) is 28.0 Å². The number of esters is 1. The highest BCUT2D eigenvalue weighted by molar-refractivity contribution is 5.89. The molecule has 6 heteroatoms. The van der Waals surface area contributed by atoms with Crippen LogP contribution in [0, 0.1) is 0 Å². The average Bonchev–Trinajstić information content (AvgIpc) is 2.98. The first kappa shape index (κ1) is 15.7. The lowest BCUT2D eigenvalue weighted by Crippen LogP contribution is -2.07. The number of hydrogen-bond acceptors (Lipinski definition) is 5. The summed E-state index contributed by atoms with van der Waals surface area (Å²) in [5.41, 5.74) is 3.08. The minimum atomic E-state index is -0.491. The summed E-state index contributed by atoms with van der Waals surface area (Å²) in [5, 5.41) is 18.8. The molecule has 0 aliphatic rings. The summed E-state index contributed by atoms with van der Waals surface area (Å²) in [4.78, 5) is 13.0. The number of phenols is 1. The van der Waals surface area contributed by atoms with E-state index in [0.717, 1.165) is 12.0 Å². The van der Waals surface area contributed by atoms with Gasteiger partial charge in [-0.2, -0.15) is 0 Å². The van der Waals surface area contributed by atoms with Gasteiger partial charge >= 0.3 is 5.97 Å². The molecule has 3 rings (SSSR count). The number of benzene rings is 2. The van der Waals surface area contributed by atoms with Gasteiger partial charge in [0, 0.05) is 11.6 Å². The van der Waals surface area contributed by atoms with Gasteiger partial charge in [-0.15, -0.1) is 15.0 Å². The number of hydrogen-bond donors (Lipinski definition) is 1. The molecule has 1 aromatic heterocycles. The number of aromatic hydroxyl groups is 1. The Kier molecular flexibility index (Phi) is 4.04. The van der Waals surface area contributed by atoms with Crippen LogP contribution in [0.15, 0.2) is 48.6 Å². The van der Waals surface area contributed by atoms with Crippen molar-refractivity contribution in [2.24, 2.45) is 0 Å². The summed E-state index contributed by atoms with van der Waals surface area (Å²) in [6.45, 7) is 7.17. The van der Waals surface area contributed by atoms with E-state index < -0.39 is 5.97 Å². The first-order chi connectivity index (χ1) is 11.5. The molecule has 0 fully saturated rings. The van der Waals surface area contributed by atoms with E-state index in [1.807, 2.05) is 19.1 Å². The van der Waals surface area contributed by atoms with Crippen molar-refractivity contribution in [1.29, 1.82) is 0 Å². The molecule has 0 atom stereocenters. The van der Waals surface area contributed by atoms with Crippen LogP contribution in [-0.2, 0) is 11.2 Å². The molecule has 24 heavy (non-hydrogen) atoms. The van der Waals surface area contributed by atoms with E-state index in [1.54, 1.807) is 31.2 Å². The summed E-state index contributed by atoms with van der Waals surface area (Å²) in [5.74, 6) is -0.0226. The van der Waals surface area contributed by atoms with Crippen LogP contribution in [0.3, 0.4) is 0 Å². The molecule has 1 heterocycles. The third-order valence-corrected chi connectivity index (χ3v) is 3.57. The second kappa shape index (κ2) is 6.16. The number of fused-ring (bicyclic) bond motifs is 1. The van der Waals surface area contributed by atoms with Crippen LogP contribution in [0.25, 0.3) is 16.7 Å². The van der Waals surface area contributed by atoms with Gasteiger partial charge in [0.2, 0.25) is 0 Å². The van der Waals surface area contributed by atoms with Gasteiger partial charge in [-0.05, 0) is 43.2 Å². The minimum Gasteiger partial charge on any atom is -0.506 e. The van der Waals surface area contributed by atoms with E-state index in [-0.39, 0.29) is 5.75 Å². The highest BCUT2D eigenvalue weighted by Crippen LogP contribution is 2.25. The van der Waals surface area contributed by atoms with Gasteiger partial charge in [-0.3, -0.25) is 0 Å². The number of nitrogens with zero attached hydrogens (tertiary/aromatic N) is 3. The van der Waals surface area contributed by atoms with Crippen LogP contribution < -0.4 is 4.74 Å². The van der Waals surface area contributed by atoms with Gasteiger partial charge in [-0.1, -0.05) is 19.6 Å². The molecule has 0 saturated heterocycles. The van der Waals surface area contributed by atoms with Gasteiger partial charge in [0.05, 0.1) is 0 Å². The van der Waals surface area contributed by atoms with E-state index in [1.165, 1.54) is 4.80 Å². The Morgan fingerprint density at radius 1 is 1.21 bits per heavy atom. The van der Waals surface area contributed by atoms with Crippen molar-refractivity contribution < 1.29 is 14.6 Å². The number of ether oxygens (including phenoxy) is 1. The van der Waals surface area contributed by atoms with Crippen molar-refractivity contribution in [3.8, 4) is 17.2 Å². The first-order valence-electron chi connectivity index (χ1n) is 7.55. The number of phenolic OH excluding ortho intramolecular Hbond substituents is 1. The SMILES string of the molecule is C=C(C)C(=O)Oc1ccc2nn(-c3cc(CC)ccc3O)nc2c1. The molecule has 6 nitrogen and oxygen atoms in total. The lowest BCUT2D eigenvalue weighted by Gasteiger charge is -2.04. The standard InChI is InChI=1S/C18H17N3O3/c1-4-12-5-8-17(22)16(9-12)21-19-14-7-6-13(10-15(14)20-21)24-18(23)11(2)3/h5-10,22H,2,4H2,1,3H3.